The molecular formula is C30H43N5. The highest BCUT2D eigenvalue weighted by Crippen LogP contribution is 2.30. The number of hydrogen-bond acceptors (Lipinski definition) is 4. The number of likely N-dealkylation sites (N-methyl/N-ethyl adjacent to an activating group) is 1. The molecule has 0 atom stereocenters. The second kappa shape index (κ2) is 12.9. The Morgan fingerprint density at radius 3 is 2.14 bits per heavy atom. The number of anilines is 1. The molecule has 1 aliphatic rings. The second-order valence-electron chi connectivity index (χ2n) is 9.64. The molecule has 5 heteroatoms. The van der Waals surface area contributed by atoms with E-state index in [2.05, 4.69) is 101 Å². The Bertz CT molecular complexity index is 1010. The monoisotopic (exact) mass is 473 g/mol. The zero-order chi connectivity index (χ0) is 24.5. The minimum Gasteiger partial charge on any atom is -0.354 e. The molecule has 0 amide bonds. The van der Waals surface area contributed by atoms with Crippen molar-refractivity contribution in [3.05, 3.63) is 77.5 Å². The Morgan fingerprint density at radius 2 is 1.51 bits per heavy atom. The van der Waals surface area contributed by atoms with Crippen molar-refractivity contribution in [1.82, 2.24) is 19.6 Å². The quantitative estimate of drug-likeness (QED) is 0.351. The number of benzene rings is 2. The highest BCUT2D eigenvalue weighted by Gasteiger charge is 2.27. The van der Waals surface area contributed by atoms with Crippen molar-refractivity contribution in [2.75, 3.05) is 50.7 Å². The highest BCUT2D eigenvalue weighted by atomic mass is 15.4. The van der Waals surface area contributed by atoms with Crippen molar-refractivity contribution in [3.63, 3.8) is 0 Å². The molecule has 0 N–H and O–H groups in total. The summed E-state index contributed by atoms with van der Waals surface area (Å²) < 4.78 is 2.23. The van der Waals surface area contributed by atoms with Crippen LogP contribution < -0.4 is 4.90 Å². The third kappa shape index (κ3) is 6.53. The predicted octanol–water partition coefficient (Wildman–Crippen LogP) is 5.42. The average Bonchev–Trinajstić information content (AvgIpc) is 3.28. The molecule has 0 bridgehead atoms. The Labute approximate surface area is 212 Å². The molecule has 1 aromatic heterocycles. The fourth-order valence-electron chi connectivity index (χ4n) is 5.24. The Morgan fingerprint density at radius 1 is 0.829 bits per heavy atom. The van der Waals surface area contributed by atoms with Crippen LogP contribution in [0.3, 0.4) is 0 Å². The van der Waals surface area contributed by atoms with Crippen LogP contribution in [0.4, 0.5) is 5.82 Å². The molecule has 0 saturated carbocycles. The molecule has 1 fully saturated rings. The predicted molar refractivity (Wildman–Crippen MR) is 148 cm³/mol. The molecule has 0 unspecified atom stereocenters. The third-order valence-corrected chi connectivity index (χ3v) is 7.20. The molecule has 0 aliphatic carbocycles. The first-order valence-electron chi connectivity index (χ1n) is 13.6. The van der Waals surface area contributed by atoms with E-state index in [1.54, 1.807) is 0 Å². The van der Waals surface area contributed by atoms with Crippen molar-refractivity contribution in [1.29, 1.82) is 0 Å². The zero-order valence-corrected chi connectivity index (χ0v) is 22.0. The van der Waals surface area contributed by atoms with E-state index in [9.17, 15) is 0 Å². The maximum Gasteiger partial charge on any atom is 0.137 e. The van der Waals surface area contributed by atoms with Gasteiger partial charge in [0, 0.05) is 38.3 Å². The molecule has 5 nitrogen and oxygen atoms in total. The standard InChI is InChI=1S/C30H43N5/c1-4-19-33(20-13-16-26-14-9-7-10-15-26)25-28-29(5-2)31-35(27-17-11-8-12-18-27)30(28)34-23-21-32(6-3)22-24-34/h7-12,14-15,17-18H,4-6,13,16,19-25H2,1-3H3. The third-order valence-electron chi connectivity index (χ3n) is 7.20. The van der Waals surface area contributed by atoms with E-state index in [1.165, 1.54) is 35.5 Å². The van der Waals surface area contributed by atoms with Gasteiger partial charge >= 0.3 is 0 Å². The number of aromatic nitrogens is 2. The van der Waals surface area contributed by atoms with E-state index in [-0.39, 0.29) is 0 Å². The molecule has 3 aromatic rings. The van der Waals surface area contributed by atoms with Gasteiger partial charge < -0.3 is 9.80 Å². The van der Waals surface area contributed by atoms with E-state index in [0.29, 0.717) is 0 Å². The van der Waals surface area contributed by atoms with E-state index >= 15 is 0 Å². The first-order chi connectivity index (χ1) is 17.2. The van der Waals surface area contributed by atoms with Gasteiger partial charge in [0.25, 0.3) is 0 Å². The minimum atomic E-state index is 0.959. The van der Waals surface area contributed by atoms with Gasteiger partial charge in [0.2, 0.25) is 0 Å². The smallest absolute Gasteiger partial charge is 0.137 e. The van der Waals surface area contributed by atoms with Crippen LogP contribution in [0.1, 0.15) is 50.4 Å². The fourth-order valence-corrected chi connectivity index (χ4v) is 5.24. The van der Waals surface area contributed by atoms with Crippen molar-refractivity contribution in [2.24, 2.45) is 0 Å². The van der Waals surface area contributed by atoms with Crippen LogP contribution in [-0.4, -0.2) is 65.4 Å². The molecule has 4 rings (SSSR count). The maximum atomic E-state index is 5.19. The van der Waals surface area contributed by atoms with E-state index in [4.69, 9.17) is 5.10 Å². The van der Waals surface area contributed by atoms with Crippen LogP contribution in [0.2, 0.25) is 0 Å². The van der Waals surface area contributed by atoms with Gasteiger partial charge in [-0.1, -0.05) is 69.3 Å². The lowest BCUT2D eigenvalue weighted by Crippen LogP contribution is -2.47. The summed E-state index contributed by atoms with van der Waals surface area (Å²) >= 11 is 0. The molecule has 2 heterocycles. The summed E-state index contributed by atoms with van der Waals surface area (Å²) in [5.41, 5.74) is 5.26. The minimum absolute atomic E-state index is 0.959. The van der Waals surface area contributed by atoms with Crippen LogP contribution >= 0.6 is 0 Å². The van der Waals surface area contributed by atoms with Gasteiger partial charge in [-0.3, -0.25) is 4.90 Å². The van der Waals surface area contributed by atoms with Gasteiger partial charge in [-0.2, -0.15) is 5.10 Å². The van der Waals surface area contributed by atoms with Gasteiger partial charge in [0.15, 0.2) is 0 Å². The molecule has 0 spiro atoms. The van der Waals surface area contributed by atoms with Gasteiger partial charge in [0.1, 0.15) is 5.82 Å². The lowest BCUT2D eigenvalue weighted by Gasteiger charge is -2.36. The van der Waals surface area contributed by atoms with E-state index in [0.717, 1.165) is 70.9 Å². The first kappa shape index (κ1) is 25.5. The maximum absolute atomic E-state index is 5.19. The lowest BCUT2D eigenvalue weighted by molar-refractivity contribution is 0.259. The van der Waals surface area contributed by atoms with Gasteiger partial charge in [0.05, 0.1) is 11.4 Å². The zero-order valence-electron chi connectivity index (χ0n) is 22.0. The normalized spacial score (nSPS) is 14.7. The van der Waals surface area contributed by atoms with Crippen molar-refractivity contribution in [2.45, 2.75) is 53.0 Å². The molecular weight excluding hydrogens is 430 g/mol. The van der Waals surface area contributed by atoms with Crippen molar-refractivity contribution < 1.29 is 0 Å². The summed E-state index contributed by atoms with van der Waals surface area (Å²) in [5, 5.41) is 5.19. The molecule has 188 valence electrons. The Balaban J connectivity index is 1.60. The topological polar surface area (TPSA) is 27.5 Å². The highest BCUT2D eigenvalue weighted by molar-refractivity contribution is 5.56. The number of aryl methyl sites for hydroxylation is 2. The number of hydrogen-bond donors (Lipinski definition) is 0. The van der Waals surface area contributed by atoms with Crippen LogP contribution in [0.15, 0.2) is 60.7 Å². The largest absolute Gasteiger partial charge is 0.354 e. The fraction of sp³-hybridized carbons (Fsp3) is 0.500. The molecule has 35 heavy (non-hydrogen) atoms. The summed E-state index contributed by atoms with van der Waals surface area (Å²) in [6.07, 6.45) is 4.45. The lowest BCUT2D eigenvalue weighted by atomic mass is 10.1. The Hall–Kier alpha value is -2.63. The molecule has 1 saturated heterocycles. The molecule has 0 radical (unpaired) electrons. The second-order valence-corrected chi connectivity index (χ2v) is 9.64. The number of rotatable bonds is 12. The van der Waals surface area contributed by atoms with E-state index in [1.807, 2.05) is 0 Å². The number of piperazine rings is 1. The summed E-state index contributed by atoms with van der Waals surface area (Å²) in [5.74, 6) is 1.31. The van der Waals surface area contributed by atoms with Crippen molar-refractivity contribution >= 4 is 5.82 Å². The number of nitrogens with zero attached hydrogens (tertiary/aromatic N) is 5. The summed E-state index contributed by atoms with van der Waals surface area (Å²) in [7, 11) is 0. The average molecular weight is 474 g/mol. The number of para-hydroxylation sites is 1. The molecule has 2 aromatic carbocycles. The van der Waals surface area contributed by atoms with Crippen LogP contribution in [0.25, 0.3) is 5.69 Å². The summed E-state index contributed by atoms with van der Waals surface area (Å²) in [4.78, 5) is 7.79. The molecule has 1 aliphatic heterocycles. The van der Waals surface area contributed by atoms with Gasteiger partial charge in [-0.05, 0) is 63.0 Å². The SMILES string of the molecule is CCCN(CCCc1ccccc1)Cc1c(CC)nn(-c2ccccc2)c1N1CCN(CC)CC1. The van der Waals surface area contributed by atoms with Crippen LogP contribution in [0, 0.1) is 0 Å². The van der Waals surface area contributed by atoms with Gasteiger partial charge in [-0.15, -0.1) is 0 Å². The first-order valence-corrected chi connectivity index (χ1v) is 13.6. The van der Waals surface area contributed by atoms with E-state index < -0.39 is 0 Å². The Kier molecular flexibility index (Phi) is 9.38. The summed E-state index contributed by atoms with van der Waals surface area (Å²) in [6.45, 7) is 15.5. The summed E-state index contributed by atoms with van der Waals surface area (Å²) in [6, 6.07) is 21.6. The van der Waals surface area contributed by atoms with Gasteiger partial charge in [-0.25, -0.2) is 4.68 Å². The van der Waals surface area contributed by atoms with Crippen molar-refractivity contribution in [3.8, 4) is 5.69 Å². The van der Waals surface area contributed by atoms with Crippen LogP contribution in [-0.2, 0) is 19.4 Å². The van der Waals surface area contributed by atoms with Crippen LogP contribution in [0.5, 0.6) is 0 Å².